The number of aliphatic hydroxyl groups is 1. The van der Waals surface area contributed by atoms with Crippen molar-refractivity contribution in [3.63, 3.8) is 0 Å². The van der Waals surface area contributed by atoms with Crippen molar-refractivity contribution in [2.45, 2.75) is 25.8 Å². The minimum Gasteiger partial charge on any atom is -0.508 e. The number of aliphatic hydroxyl groups excluding tert-OH is 1. The second-order valence-corrected chi connectivity index (χ2v) is 3.52. The monoisotopic (exact) mass is 231 g/mol. The van der Waals surface area contributed by atoms with Crippen LogP contribution in [0.5, 0.6) is 5.75 Å². The Morgan fingerprint density at radius 3 is 2.60 bits per heavy atom. The molecule has 1 rings (SSSR count). The van der Waals surface area contributed by atoms with Crippen LogP contribution in [0, 0.1) is 6.92 Å². The summed E-state index contributed by atoms with van der Waals surface area (Å²) in [4.78, 5) is 0. The van der Waals surface area contributed by atoms with Crippen LogP contribution in [0.25, 0.3) is 0 Å². The van der Waals surface area contributed by atoms with Crippen LogP contribution in [0.15, 0.2) is 18.2 Å². The van der Waals surface area contributed by atoms with Gasteiger partial charge in [-0.15, -0.1) is 12.4 Å². The lowest BCUT2D eigenvalue weighted by atomic mass is 10.0. The van der Waals surface area contributed by atoms with Crippen LogP contribution in [0.2, 0.25) is 0 Å². The topological polar surface area (TPSA) is 66.5 Å². The number of aromatic hydroxyl groups is 1. The maximum absolute atomic E-state index is 9.32. The quantitative estimate of drug-likeness (QED) is 0.742. The van der Waals surface area contributed by atoms with Gasteiger partial charge in [0.2, 0.25) is 0 Å². The lowest BCUT2D eigenvalue weighted by Gasteiger charge is -2.12. The van der Waals surface area contributed by atoms with Crippen molar-refractivity contribution in [2.75, 3.05) is 6.61 Å². The third-order valence-corrected chi connectivity index (χ3v) is 2.32. The van der Waals surface area contributed by atoms with Gasteiger partial charge in [0.15, 0.2) is 0 Å². The number of benzene rings is 1. The van der Waals surface area contributed by atoms with E-state index < -0.39 is 0 Å². The van der Waals surface area contributed by atoms with Gasteiger partial charge in [-0.1, -0.05) is 12.1 Å². The highest BCUT2D eigenvalue weighted by molar-refractivity contribution is 5.85. The van der Waals surface area contributed by atoms with Gasteiger partial charge in [-0.05, 0) is 37.0 Å². The lowest BCUT2D eigenvalue weighted by molar-refractivity contribution is 0.280. The van der Waals surface area contributed by atoms with Gasteiger partial charge in [-0.25, -0.2) is 0 Å². The molecule has 86 valence electrons. The van der Waals surface area contributed by atoms with E-state index in [2.05, 4.69) is 0 Å². The fourth-order valence-electron chi connectivity index (χ4n) is 1.39. The van der Waals surface area contributed by atoms with Gasteiger partial charge in [0, 0.05) is 12.6 Å². The summed E-state index contributed by atoms with van der Waals surface area (Å²) in [5.74, 6) is 0.295. The summed E-state index contributed by atoms with van der Waals surface area (Å²) in [7, 11) is 0. The normalized spacial score (nSPS) is 11.9. The molecule has 0 unspecified atom stereocenters. The van der Waals surface area contributed by atoms with Crippen molar-refractivity contribution in [1.82, 2.24) is 0 Å². The highest BCUT2D eigenvalue weighted by atomic mass is 35.5. The maximum atomic E-state index is 9.32. The minimum absolute atomic E-state index is 0. The Morgan fingerprint density at radius 1 is 1.40 bits per heavy atom. The van der Waals surface area contributed by atoms with Gasteiger partial charge in [0.1, 0.15) is 5.75 Å². The molecule has 0 aliphatic rings. The molecule has 0 aliphatic carbocycles. The Hall–Kier alpha value is -0.770. The van der Waals surface area contributed by atoms with Crippen LogP contribution in [-0.2, 0) is 0 Å². The summed E-state index contributed by atoms with van der Waals surface area (Å²) in [5, 5.41) is 18.0. The Balaban J connectivity index is 0.00000196. The predicted molar refractivity (Wildman–Crippen MR) is 63.3 cm³/mol. The number of phenolic OH excluding ortho intramolecular Hbond substituents is 1. The van der Waals surface area contributed by atoms with Crippen molar-refractivity contribution in [3.8, 4) is 5.75 Å². The van der Waals surface area contributed by atoms with Crippen LogP contribution >= 0.6 is 12.4 Å². The molecule has 0 aromatic heterocycles. The Kier molecular flexibility index (Phi) is 6.32. The van der Waals surface area contributed by atoms with Gasteiger partial charge < -0.3 is 15.9 Å². The first-order valence-electron chi connectivity index (χ1n) is 4.81. The van der Waals surface area contributed by atoms with E-state index in [1.165, 1.54) is 0 Å². The summed E-state index contributed by atoms with van der Waals surface area (Å²) in [6.45, 7) is 2.02. The molecule has 3 nitrogen and oxygen atoms in total. The number of nitrogens with two attached hydrogens (primary N) is 1. The summed E-state index contributed by atoms with van der Waals surface area (Å²) in [6, 6.07) is 5.31. The largest absolute Gasteiger partial charge is 0.508 e. The Labute approximate surface area is 96.3 Å². The van der Waals surface area contributed by atoms with Crippen LogP contribution in [0.4, 0.5) is 0 Å². The third kappa shape index (κ3) is 4.08. The van der Waals surface area contributed by atoms with Gasteiger partial charge in [-0.2, -0.15) is 0 Å². The molecule has 0 saturated heterocycles. The molecule has 1 aromatic carbocycles. The lowest BCUT2D eigenvalue weighted by Crippen LogP contribution is -2.10. The molecular formula is C11H18ClNO2. The molecule has 4 N–H and O–H groups in total. The molecule has 0 aliphatic heterocycles. The van der Waals surface area contributed by atoms with Crippen molar-refractivity contribution >= 4 is 12.4 Å². The zero-order valence-corrected chi connectivity index (χ0v) is 9.63. The predicted octanol–water partition coefficient (Wildman–Crippen LogP) is 1.89. The van der Waals surface area contributed by atoms with E-state index in [0.29, 0.717) is 12.2 Å². The second-order valence-electron chi connectivity index (χ2n) is 3.52. The van der Waals surface area contributed by atoms with E-state index >= 15 is 0 Å². The van der Waals surface area contributed by atoms with Gasteiger partial charge in [-0.3, -0.25) is 0 Å². The maximum Gasteiger partial charge on any atom is 0.118 e. The van der Waals surface area contributed by atoms with Crippen molar-refractivity contribution < 1.29 is 10.2 Å². The number of aryl methyl sites for hydroxylation is 1. The van der Waals surface area contributed by atoms with E-state index in [-0.39, 0.29) is 25.1 Å². The SMILES string of the molecule is Cc1cc([C@H](N)CCCO)ccc1O.Cl. The number of phenols is 1. The van der Waals surface area contributed by atoms with Crippen LogP contribution in [-0.4, -0.2) is 16.8 Å². The molecule has 1 atom stereocenters. The minimum atomic E-state index is -0.0542. The van der Waals surface area contributed by atoms with E-state index in [9.17, 15) is 5.11 Å². The first-order valence-corrected chi connectivity index (χ1v) is 4.81. The van der Waals surface area contributed by atoms with E-state index in [4.69, 9.17) is 10.8 Å². The number of hydrogen-bond donors (Lipinski definition) is 3. The molecule has 0 spiro atoms. The second kappa shape index (κ2) is 6.67. The summed E-state index contributed by atoms with van der Waals surface area (Å²) in [5.41, 5.74) is 7.75. The van der Waals surface area contributed by atoms with Crippen LogP contribution in [0.1, 0.15) is 30.0 Å². The molecule has 0 fully saturated rings. The molecule has 0 amide bonds. The summed E-state index contributed by atoms with van der Waals surface area (Å²) < 4.78 is 0. The Bertz CT molecular complexity index is 305. The molecule has 15 heavy (non-hydrogen) atoms. The third-order valence-electron chi connectivity index (χ3n) is 2.32. The van der Waals surface area contributed by atoms with Crippen LogP contribution < -0.4 is 5.73 Å². The molecule has 4 heteroatoms. The number of halogens is 1. The standard InChI is InChI=1S/C11H17NO2.ClH/c1-8-7-9(4-5-11(8)14)10(12)3-2-6-13;/h4-5,7,10,13-14H,2-3,6,12H2,1H3;1H/t10-;/m1./s1. The highest BCUT2D eigenvalue weighted by Gasteiger charge is 2.06. The molecule has 0 bridgehead atoms. The zero-order valence-electron chi connectivity index (χ0n) is 8.81. The first kappa shape index (κ1) is 14.2. The average molecular weight is 232 g/mol. The van der Waals surface area contributed by atoms with Crippen LogP contribution in [0.3, 0.4) is 0 Å². The van der Waals surface area contributed by atoms with E-state index in [1.54, 1.807) is 6.07 Å². The van der Waals surface area contributed by atoms with Crippen molar-refractivity contribution in [1.29, 1.82) is 0 Å². The van der Waals surface area contributed by atoms with Gasteiger partial charge >= 0.3 is 0 Å². The van der Waals surface area contributed by atoms with Crippen molar-refractivity contribution in [2.24, 2.45) is 5.73 Å². The number of hydrogen-bond acceptors (Lipinski definition) is 3. The van der Waals surface area contributed by atoms with Gasteiger partial charge in [0.25, 0.3) is 0 Å². The van der Waals surface area contributed by atoms with Crippen molar-refractivity contribution in [3.05, 3.63) is 29.3 Å². The Morgan fingerprint density at radius 2 is 2.07 bits per heavy atom. The first-order chi connectivity index (χ1) is 6.65. The van der Waals surface area contributed by atoms with E-state index in [0.717, 1.165) is 17.5 Å². The summed E-state index contributed by atoms with van der Waals surface area (Å²) >= 11 is 0. The average Bonchev–Trinajstić information content (AvgIpc) is 2.18. The number of rotatable bonds is 4. The van der Waals surface area contributed by atoms with Gasteiger partial charge in [0.05, 0.1) is 0 Å². The molecule has 0 heterocycles. The van der Waals surface area contributed by atoms with E-state index in [1.807, 2.05) is 19.1 Å². The molecule has 0 saturated carbocycles. The highest BCUT2D eigenvalue weighted by Crippen LogP contribution is 2.22. The molecule has 0 radical (unpaired) electrons. The smallest absolute Gasteiger partial charge is 0.118 e. The molecule has 1 aromatic rings. The summed E-state index contributed by atoms with van der Waals surface area (Å²) in [6.07, 6.45) is 1.47. The fraction of sp³-hybridized carbons (Fsp3) is 0.455. The molecular weight excluding hydrogens is 214 g/mol. The fourth-order valence-corrected chi connectivity index (χ4v) is 1.39. The zero-order chi connectivity index (χ0) is 10.6.